The van der Waals surface area contributed by atoms with Crippen LogP contribution in [0.2, 0.25) is 0 Å². The third-order valence-electron chi connectivity index (χ3n) is 4.18. The van der Waals surface area contributed by atoms with Gasteiger partial charge < -0.3 is 14.0 Å². The first-order chi connectivity index (χ1) is 14.9. The number of methoxy groups -OCH3 is 1. The molecule has 3 aromatic rings. The van der Waals surface area contributed by atoms with Crippen LogP contribution in [0.1, 0.15) is 12.5 Å². The van der Waals surface area contributed by atoms with E-state index in [1.54, 1.807) is 29.7 Å². The molecule has 1 aromatic heterocycles. The van der Waals surface area contributed by atoms with Crippen LogP contribution in [0.15, 0.2) is 53.5 Å². The molecule has 0 unspecified atom stereocenters. The zero-order valence-electron chi connectivity index (χ0n) is 16.8. The monoisotopic (exact) mass is 441 g/mol. The summed E-state index contributed by atoms with van der Waals surface area (Å²) in [6.45, 7) is 1.81. The van der Waals surface area contributed by atoms with Crippen LogP contribution in [0.3, 0.4) is 0 Å². The molecule has 0 aliphatic heterocycles. The molecule has 0 radical (unpaired) electrons. The van der Waals surface area contributed by atoms with Crippen molar-refractivity contribution in [3.05, 3.63) is 69.0 Å². The fourth-order valence-electron chi connectivity index (χ4n) is 2.87. The molecule has 0 N–H and O–H groups in total. The van der Waals surface area contributed by atoms with E-state index in [-0.39, 0.29) is 18.8 Å². The van der Waals surface area contributed by atoms with Gasteiger partial charge in [0.25, 0.3) is 11.6 Å². The van der Waals surface area contributed by atoms with E-state index in [1.165, 1.54) is 48.8 Å². The molecule has 160 valence electrons. The van der Waals surface area contributed by atoms with Gasteiger partial charge in [0.1, 0.15) is 17.8 Å². The number of nitro benzene ring substituents is 1. The molecule has 0 fully saturated rings. The van der Waals surface area contributed by atoms with Gasteiger partial charge in [-0.3, -0.25) is 19.7 Å². The quantitative estimate of drug-likeness (QED) is 0.241. The highest BCUT2D eigenvalue weighted by Gasteiger charge is 2.15. The highest BCUT2D eigenvalue weighted by atomic mass is 32.1. The minimum atomic E-state index is -0.574. The number of para-hydroxylation sites is 1. The van der Waals surface area contributed by atoms with Gasteiger partial charge in [0, 0.05) is 18.2 Å². The van der Waals surface area contributed by atoms with E-state index >= 15 is 0 Å². The van der Waals surface area contributed by atoms with Crippen molar-refractivity contribution < 1.29 is 24.0 Å². The molecular weight excluding hydrogens is 422 g/mol. The predicted octanol–water partition coefficient (Wildman–Crippen LogP) is 3.32. The van der Waals surface area contributed by atoms with Crippen LogP contribution in [-0.2, 0) is 20.9 Å². The minimum Gasteiger partial charge on any atom is -0.495 e. The Hall–Kier alpha value is -3.79. The number of fused-ring (bicyclic) bond motifs is 1. The molecule has 10 heteroatoms. The van der Waals surface area contributed by atoms with E-state index in [2.05, 4.69) is 4.99 Å². The number of hydrogen-bond donors (Lipinski definition) is 0. The largest absolute Gasteiger partial charge is 0.495 e. The molecule has 9 nitrogen and oxygen atoms in total. The van der Waals surface area contributed by atoms with Crippen molar-refractivity contribution in [1.82, 2.24) is 4.57 Å². The van der Waals surface area contributed by atoms with E-state index < -0.39 is 16.8 Å². The molecule has 0 atom stereocenters. The summed E-state index contributed by atoms with van der Waals surface area (Å²) in [6, 6.07) is 11.3. The summed E-state index contributed by atoms with van der Waals surface area (Å²) in [6.07, 6.45) is 2.66. The van der Waals surface area contributed by atoms with Crippen molar-refractivity contribution in [1.29, 1.82) is 0 Å². The van der Waals surface area contributed by atoms with Crippen LogP contribution in [0.25, 0.3) is 16.3 Å². The van der Waals surface area contributed by atoms with Crippen molar-refractivity contribution in [2.75, 3.05) is 13.7 Å². The molecule has 31 heavy (non-hydrogen) atoms. The van der Waals surface area contributed by atoms with E-state index in [1.807, 2.05) is 6.07 Å². The summed E-state index contributed by atoms with van der Waals surface area (Å²) in [5, 5.41) is 10.9. The fraction of sp³-hybridized carbons (Fsp3) is 0.190. The van der Waals surface area contributed by atoms with Crippen molar-refractivity contribution in [3.63, 3.8) is 0 Å². The Balaban J connectivity index is 2.00. The smallest absolute Gasteiger partial charge is 0.326 e. The van der Waals surface area contributed by atoms with Gasteiger partial charge in [-0.1, -0.05) is 29.5 Å². The molecule has 0 bridgehead atoms. The van der Waals surface area contributed by atoms with Gasteiger partial charge in [-0.2, -0.15) is 4.99 Å². The lowest BCUT2D eigenvalue weighted by Gasteiger charge is -2.08. The summed E-state index contributed by atoms with van der Waals surface area (Å²) in [7, 11) is 1.52. The van der Waals surface area contributed by atoms with E-state index in [0.29, 0.717) is 21.6 Å². The fourth-order valence-corrected chi connectivity index (χ4v) is 3.92. The highest BCUT2D eigenvalue weighted by molar-refractivity contribution is 7.16. The molecule has 1 heterocycles. The normalized spacial score (nSPS) is 11.7. The second-order valence-corrected chi connectivity index (χ2v) is 7.23. The van der Waals surface area contributed by atoms with Gasteiger partial charge in [0.05, 0.1) is 23.3 Å². The third-order valence-corrected chi connectivity index (χ3v) is 5.23. The second kappa shape index (κ2) is 9.81. The van der Waals surface area contributed by atoms with E-state index in [9.17, 15) is 19.7 Å². The number of rotatable bonds is 7. The number of nitrogens with zero attached hydrogens (tertiary/aromatic N) is 3. The minimum absolute atomic E-state index is 0.0737. The standard InChI is InChI=1S/C21H19N3O6S/c1-3-30-19(26)13-23-20-16(29-2)8-5-9-17(20)31-21(23)22-18(25)11-10-14-6-4-7-15(12-14)24(27)28/h4-12H,3,13H2,1-2H3. The average molecular weight is 441 g/mol. The van der Waals surface area contributed by atoms with E-state index in [0.717, 1.165) is 4.70 Å². The lowest BCUT2D eigenvalue weighted by molar-refractivity contribution is -0.384. The average Bonchev–Trinajstić information content (AvgIpc) is 3.09. The van der Waals surface area contributed by atoms with Crippen LogP contribution < -0.4 is 9.54 Å². The summed E-state index contributed by atoms with van der Waals surface area (Å²) in [5.41, 5.74) is 1.06. The van der Waals surface area contributed by atoms with Gasteiger partial charge >= 0.3 is 5.97 Å². The molecule has 0 spiro atoms. The summed E-state index contributed by atoms with van der Waals surface area (Å²) < 4.78 is 12.8. The van der Waals surface area contributed by atoms with E-state index in [4.69, 9.17) is 9.47 Å². The molecule has 2 aromatic carbocycles. The van der Waals surface area contributed by atoms with Crippen molar-refractivity contribution in [3.8, 4) is 5.75 Å². The Morgan fingerprint density at radius 3 is 2.74 bits per heavy atom. The Labute approximate surface area is 181 Å². The predicted molar refractivity (Wildman–Crippen MR) is 116 cm³/mol. The first-order valence-corrected chi connectivity index (χ1v) is 10.1. The number of aromatic nitrogens is 1. The van der Waals surface area contributed by atoms with Gasteiger partial charge in [0.15, 0.2) is 4.80 Å². The maximum Gasteiger partial charge on any atom is 0.326 e. The first-order valence-electron chi connectivity index (χ1n) is 9.26. The van der Waals surface area contributed by atoms with Crippen LogP contribution in [-0.4, -0.2) is 35.1 Å². The number of carbonyl (C=O) groups is 2. The number of esters is 1. The molecule has 0 aliphatic rings. The lowest BCUT2D eigenvalue weighted by atomic mass is 10.2. The van der Waals surface area contributed by atoms with Crippen LogP contribution in [0.5, 0.6) is 5.75 Å². The van der Waals surface area contributed by atoms with Gasteiger partial charge in [-0.15, -0.1) is 0 Å². The zero-order chi connectivity index (χ0) is 22.4. The van der Waals surface area contributed by atoms with Crippen molar-refractivity contribution in [2.45, 2.75) is 13.5 Å². The SMILES string of the molecule is CCOC(=O)Cn1c(=NC(=O)C=Cc2cccc([N+](=O)[O-])c2)sc2cccc(OC)c21. The number of nitro groups is 1. The second-order valence-electron chi connectivity index (χ2n) is 6.22. The number of carbonyl (C=O) groups excluding carboxylic acids is 2. The van der Waals surface area contributed by atoms with Crippen LogP contribution in [0.4, 0.5) is 5.69 Å². The molecule has 0 aliphatic carbocycles. The number of thiazole rings is 1. The molecule has 3 rings (SSSR count). The number of benzene rings is 2. The summed E-state index contributed by atoms with van der Waals surface area (Å²) in [4.78, 5) is 39.4. The zero-order valence-corrected chi connectivity index (χ0v) is 17.6. The molecule has 1 amide bonds. The Kier molecular flexibility index (Phi) is 6.93. The third kappa shape index (κ3) is 5.23. The lowest BCUT2D eigenvalue weighted by Crippen LogP contribution is -2.23. The first kappa shape index (κ1) is 21.9. The molecule has 0 saturated heterocycles. The number of amides is 1. The molecule has 0 saturated carbocycles. The number of non-ortho nitro benzene ring substituents is 1. The summed E-state index contributed by atoms with van der Waals surface area (Å²) in [5.74, 6) is -0.497. The maximum atomic E-state index is 12.5. The maximum absolute atomic E-state index is 12.5. The molecular formula is C21H19N3O6S. The van der Waals surface area contributed by atoms with Crippen molar-refractivity contribution >= 4 is 45.2 Å². The Bertz CT molecular complexity index is 1240. The van der Waals surface area contributed by atoms with Crippen molar-refractivity contribution in [2.24, 2.45) is 4.99 Å². The summed E-state index contributed by atoms with van der Waals surface area (Å²) >= 11 is 1.23. The number of ether oxygens (including phenoxy) is 2. The van der Waals surface area contributed by atoms with Crippen LogP contribution >= 0.6 is 11.3 Å². The number of hydrogen-bond acceptors (Lipinski definition) is 7. The van der Waals surface area contributed by atoms with Gasteiger partial charge in [-0.25, -0.2) is 0 Å². The topological polar surface area (TPSA) is 113 Å². The van der Waals surface area contributed by atoms with Gasteiger partial charge in [0.2, 0.25) is 0 Å². The van der Waals surface area contributed by atoms with Crippen LogP contribution in [0, 0.1) is 10.1 Å². The Morgan fingerprint density at radius 2 is 2.03 bits per heavy atom. The Morgan fingerprint density at radius 1 is 1.26 bits per heavy atom. The van der Waals surface area contributed by atoms with Gasteiger partial charge in [-0.05, 0) is 30.7 Å². The highest BCUT2D eigenvalue weighted by Crippen LogP contribution is 2.27.